The molecule has 4 heteroatoms. The summed E-state index contributed by atoms with van der Waals surface area (Å²) in [5, 5.41) is 29.6. The molecule has 136 valence electrons. The second kappa shape index (κ2) is 8.95. The highest BCUT2D eigenvalue weighted by atomic mass is 16.3. The van der Waals surface area contributed by atoms with E-state index in [2.05, 4.69) is 25.7 Å². The molecule has 1 heterocycles. The molecule has 1 aromatic rings. The van der Waals surface area contributed by atoms with Gasteiger partial charge < -0.3 is 15.3 Å². The van der Waals surface area contributed by atoms with Crippen molar-refractivity contribution < 1.29 is 15.3 Å². The first-order valence-electron chi connectivity index (χ1n) is 9.28. The molecule has 0 radical (unpaired) electrons. The minimum absolute atomic E-state index is 0.0393. The van der Waals surface area contributed by atoms with Crippen LogP contribution in [0.2, 0.25) is 0 Å². The number of rotatable bonds is 8. The second-order valence-electron chi connectivity index (χ2n) is 7.39. The van der Waals surface area contributed by atoms with Gasteiger partial charge in [-0.1, -0.05) is 32.9 Å². The van der Waals surface area contributed by atoms with Crippen molar-refractivity contribution in [2.45, 2.75) is 71.8 Å². The van der Waals surface area contributed by atoms with E-state index in [1.807, 2.05) is 12.1 Å². The normalized spacial score (nSPS) is 19.5. The van der Waals surface area contributed by atoms with E-state index in [-0.39, 0.29) is 25.4 Å². The molecule has 1 aliphatic heterocycles. The van der Waals surface area contributed by atoms with E-state index in [1.54, 1.807) is 0 Å². The lowest BCUT2D eigenvalue weighted by atomic mass is 9.85. The predicted octanol–water partition coefficient (Wildman–Crippen LogP) is 2.78. The molecule has 1 aliphatic rings. The lowest BCUT2D eigenvalue weighted by Gasteiger charge is -2.38. The third-order valence-corrected chi connectivity index (χ3v) is 5.25. The smallest absolute Gasteiger partial charge is 0.0685 e. The zero-order valence-electron chi connectivity index (χ0n) is 15.3. The Morgan fingerprint density at radius 1 is 1.12 bits per heavy atom. The number of nitrogens with zero attached hydrogens (tertiary/aromatic N) is 1. The number of likely N-dealkylation sites (N-methyl/N-ethyl adjacent to an activating group) is 1. The van der Waals surface area contributed by atoms with Crippen LogP contribution < -0.4 is 0 Å². The maximum atomic E-state index is 10.5. The van der Waals surface area contributed by atoms with Crippen molar-refractivity contribution in [3.8, 4) is 0 Å². The lowest BCUT2D eigenvalue weighted by Crippen LogP contribution is -2.37. The third-order valence-electron chi connectivity index (χ3n) is 5.25. The summed E-state index contributed by atoms with van der Waals surface area (Å²) in [7, 11) is 0. The van der Waals surface area contributed by atoms with Gasteiger partial charge in [0.2, 0.25) is 0 Å². The van der Waals surface area contributed by atoms with Gasteiger partial charge in [0.15, 0.2) is 0 Å². The summed E-state index contributed by atoms with van der Waals surface area (Å²) in [6.45, 7) is 8.37. The highest BCUT2D eigenvalue weighted by molar-refractivity contribution is 5.41. The third kappa shape index (κ3) is 4.57. The van der Waals surface area contributed by atoms with Crippen LogP contribution in [0.4, 0.5) is 0 Å². The maximum absolute atomic E-state index is 10.5. The van der Waals surface area contributed by atoms with Crippen molar-refractivity contribution in [1.82, 2.24) is 4.90 Å². The molecule has 0 saturated heterocycles. The van der Waals surface area contributed by atoms with E-state index in [1.165, 1.54) is 11.1 Å². The molecule has 0 bridgehead atoms. The van der Waals surface area contributed by atoms with E-state index < -0.39 is 0 Å². The molecule has 0 amide bonds. The first-order valence-corrected chi connectivity index (χ1v) is 9.28. The van der Waals surface area contributed by atoms with Crippen LogP contribution in [0.3, 0.4) is 0 Å². The topological polar surface area (TPSA) is 63.9 Å². The van der Waals surface area contributed by atoms with Crippen molar-refractivity contribution in [3.05, 3.63) is 34.4 Å². The zero-order valence-corrected chi connectivity index (χ0v) is 15.3. The SMILES string of the molecule is CCN1CCc2cc(CO)c(CO)cc2[C@H]1CC(O)CCC(C)C. The summed E-state index contributed by atoms with van der Waals surface area (Å²) in [4.78, 5) is 2.42. The molecule has 0 saturated carbocycles. The fourth-order valence-electron chi connectivity index (χ4n) is 3.75. The van der Waals surface area contributed by atoms with E-state index in [9.17, 15) is 15.3 Å². The first kappa shape index (κ1) is 19.4. The van der Waals surface area contributed by atoms with Gasteiger partial charge in [0.05, 0.1) is 19.3 Å². The summed E-state index contributed by atoms with van der Waals surface area (Å²) >= 11 is 0. The summed E-state index contributed by atoms with van der Waals surface area (Å²) in [5.74, 6) is 0.605. The van der Waals surface area contributed by atoms with Crippen LogP contribution in [0.15, 0.2) is 12.1 Å². The van der Waals surface area contributed by atoms with Crippen LogP contribution in [-0.2, 0) is 19.6 Å². The fourth-order valence-corrected chi connectivity index (χ4v) is 3.75. The van der Waals surface area contributed by atoms with Gasteiger partial charge in [-0.2, -0.15) is 0 Å². The molecular formula is C20H33NO3. The quantitative estimate of drug-likeness (QED) is 0.683. The Balaban J connectivity index is 2.25. The maximum Gasteiger partial charge on any atom is 0.0685 e. The zero-order chi connectivity index (χ0) is 17.7. The van der Waals surface area contributed by atoms with Gasteiger partial charge >= 0.3 is 0 Å². The van der Waals surface area contributed by atoms with Crippen LogP contribution in [0.1, 0.15) is 68.3 Å². The Morgan fingerprint density at radius 3 is 2.38 bits per heavy atom. The summed E-state index contributed by atoms with van der Waals surface area (Å²) in [6.07, 6.45) is 3.27. The van der Waals surface area contributed by atoms with Crippen molar-refractivity contribution in [3.63, 3.8) is 0 Å². The number of hydrogen-bond acceptors (Lipinski definition) is 4. The Morgan fingerprint density at radius 2 is 1.79 bits per heavy atom. The number of benzene rings is 1. The van der Waals surface area contributed by atoms with Gasteiger partial charge in [-0.25, -0.2) is 0 Å². The summed E-state index contributed by atoms with van der Waals surface area (Å²) in [5.41, 5.74) is 4.09. The number of fused-ring (bicyclic) bond motifs is 1. The Labute approximate surface area is 146 Å². The van der Waals surface area contributed by atoms with Crippen molar-refractivity contribution in [2.75, 3.05) is 13.1 Å². The molecule has 3 N–H and O–H groups in total. The van der Waals surface area contributed by atoms with Crippen molar-refractivity contribution >= 4 is 0 Å². The minimum atomic E-state index is -0.299. The van der Waals surface area contributed by atoms with Gasteiger partial charge in [0.1, 0.15) is 0 Å². The largest absolute Gasteiger partial charge is 0.393 e. The molecule has 0 aliphatic carbocycles. The number of aliphatic hydroxyl groups is 3. The predicted molar refractivity (Wildman–Crippen MR) is 96.7 cm³/mol. The first-order chi connectivity index (χ1) is 11.5. The monoisotopic (exact) mass is 335 g/mol. The highest BCUT2D eigenvalue weighted by Gasteiger charge is 2.29. The average Bonchev–Trinajstić information content (AvgIpc) is 2.58. The molecule has 0 spiro atoms. The van der Waals surface area contributed by atoms with Gasteiger partial charge in [0, 0.05) is 12.6 Å². The molecule has 2 rings (SSSR count). The molecule has 0 fully saturated rings. The van der Waals surface area contributed by atoms with Crippen molar-refractivity contribution in [2.24, 2.45) is 5.92 Å². The standard InChI is InChI=1S/C20H33NO3/c1-4-21-8-7-15-9-16(12-22)17(13-23)10-19(15)20(21)11-18(24)6-5-14(2)3/h9-10,14,18,20,22-24H,4-8,11-13H2,1-3H3/t18?,20-/m1/s1. The number of aliphatic hydroxyl groups excluding tert-OH is 3. The second-order valence-corrected chi connectivity index (χ2v) is 7.39. The van der Waals surface area contributed by atoms with Crippen LogP contribution in [-0.4, -0.2) is 39.4 Å². The van der Waals surface area contributed by atoms with Crippen LogP contribution >= 0.6 is 0 Å². The molecular weight excluding hydrogens is 302 g/mol. The van der Waals surface area contributed by atoms with Gasteiger partial charge in [0.25, 0.3) is 0 Å². The molecule has 1 unspecified atom stereocenters. The van der Waals surface area contributed by atoms with Gasteiger partial charge in [-0.05, 0) is 60.4 Å². The fraction of sp³-hybridized carbons (Fsp3) is 0.700. The lowest BCUT2D eigenvalue weighted by molar-refractivity contribution is 0.0883. The molecule has 4 nitrogen and oxygen atoms in total. The minimum Gasteiger partial charge on any atom is -0.393 e. The molecule has 2 atom stereocenters. The molecule has 24 heavy (non-hydrogen) atoms. The Kier molecular flexibility index (Phi) is 7.23. The van der Waals surface area contributed by atoms with E-state index >= 15 is 0 Å². The van der Waals surface area contributed by atoms with Gasteiger partial charge in [-0.15, -0.1) is 0 Å². The van der Waals surface area contributed by atoms with Crippen LogP contribution in [0, 0.1) is 5.92 Å². The van der Waals surface area contributed by atoms with Crippen LogP contribution in [0.5, 0.6) is 0 Å². The Hall–Kier alpha value is -0.940. The summed E-state index contributed by atoms with van der Waals surface area (Å²) in [6, 6.07) is 4.28. The summed E-state index contributed by atoms with van der Waals surface area (Å²) < 4.78 is 0. The van der Waals surface area contributed by atoms with E-state index in [4.69, 9.17) is 0 Å². The van der Waals surface area contributed by atoms with Gasteiger partial charge in [-0.3, -0.25) is 4.90 Å². The van der Waals surface area contributed by atoms with E-state index in [0.717, 1.165) is 49.9 Å². The van der Waals surface area contributed by atoms with Crippen LogP contribution in [0.25, 0.3) is 0 Å². The Bertz CT molecular complexity index is 530. The molecule has 1 aromatic carbocycles. The molecule has 0 aromatic heterocycles. The highest BCUT2D eigenvalue weighted by Crippen LogP contribution is 2.35. The average molecular weight is 335 g/mol. The number of hydrogen-bond donors (Lipinski definition) is 3. The van der Waals surface area contributed by atoms with Crippen molar-refractivity contribution in [1.29, 1.82) is 0 Å². The van der Waals surface area contributed by atoms with E-state index in [0.29, 0.717) is 5.92 Å².